The van der Waals surface area contributed by atoms with Crippen LogP contribution in [0.4, 0.5) is 0 Å². The first kappa shape index (κ1) is 16.0. The van der Waals surface area contributed by atoms with E-state index in [-0.39, 0.29) is 17.7 Å². The van der Waals surface area contributed by atoms with Gasteiger partial charge in [0, 0.05) is 50.6 Å². The van der Waals surface area contributed by atoms with Crippen LogP contribution in [0.1, 0.15) is 25.7 Å². The van der Waals surface area contributed by atoms with Crippen LogP contribution in [0.3, 0.4) is 0 Å². The summed E-state index contributed by atoms with van der Waals surface area (Å²) >= 11 is 0. The standard InChI is InChI=1S/C16H21N3O3/c20-14(17-9-13-18-10-4-5-11-18)6-2-1-3-12-19-15(21)7-8-16(19)22/h4-5,7-8,10-11H,1-3,6,9,12-13H2,(H,17,20). The molecule has 0 bridgehead atoms. The van der Waals surface area contributed by atoms with Gasteiger partial charge in [-0.15, -0.1) is 0 Å². The Morgan fingerprint density at radius 1 is 0.955 bits per heavy atom. The molecule has 2 heterocycles. The number of unbranched alkanes of at least 4 members (excludes halogenated alkanes) is 2. The van der Waals surface area contributed by atoms with Gasteiger partial charge in [-0.25, -0.2) is 0 Å². The number of carbonyl (C=O) groups excluding carboxylic acids is 3. The van der Waals surface area contributed by atoms with Gasteiger partial charge in [0.1, 0.15) is 0 Å². The van der Waals surface area contributed by atoms with Crippen molar-refractivity contribution in [1.82, 2.24) is 14.8 Å². The third kappa shape index (κ3) is 4.87. The minimum Gasteiger partial charge on any atom is -0.354 e. The summed E-state index contributed by atoms with van der Waals surface area (Å²) < 4.78 is 2.01. The van der Waals surface area contributed by atoms with E-state index < -0.39 is 0 Å². The minimum atomic E-state index is -0.243. The van der Waals surface area contributed by atoms with Crippen molar-refractivity contribution in [2.75, 3.05) is 13.1 Å². The van der Waals surface area contributed by atoms with Crippen molar-refractivity contribution in [3.05, 3.63) is 36.7 Å². The van der Waals surface area contributed by atoms with Crippen molar-refractivity contribution in [3.8, 4) is 0 Å². The molecule has 118 valence electrons. The second-order valence-corrected chi connectivity index (χ2v) is 5.24. The van der Waals surface area contributed by atoms with Crippen molar-refractivity contribution in [1.29, 1.82) is 0 Å². The fourth-order valence-electron chi connectivity index (χ4n) is 2.32. The summed E-state index contributed by atoms with van der Waals surface area (Å²) in [6.45, 7) is 1.82. The van der Waals surface area contributed by atoms with Gasteiger partial charge in [-0.2, -0.15) is 0 Å². The Hall–Kier alpha value is -2.37. The molecule has 1 aliphatic rings. The first-order valence-corrected chi connectivity index (χ1v) is 7.58. The monoisotopic (exact) mass is 303 g/mol. The molecule has 1 N–H and O–H groups in total. The molecular weight excluding hydrogens is 282 g/mol. The lowest BCUT2D eigenvalue weighted by atomic mass is 10.2. The molecule has 0 aliphatic carbocycles. The third-order valence-corrected chi connectivity index (χ3v) is 3.54. The summed E-state index contributed by atoms with van der Waals surface area (Å²) in [6.07, 6.45) is 9.30. The molecule has 6 heteroatoms. The predicted molar refractivity (Wildman–Crippen MR) is 81.8 cm³/mol. The van der Waals surface area contributed by atoms with Crippen LogP contribution in [0.15, 0.2) is 36.7 Å². The van der Waals surface area contributed by atoms with E-state index in [9.17, 15) is 14.4 Å². The fraction of sp³-hybridized carbons (Fsp3) is 0.438. The van der Waals surface area contributed by atoms with E-state index in [1.807, 2.05) is 29.1 Å². The highest BCUT2D eigenvalue weighted by atomic mass is 16.2. The number of aromatic nitrogens is 1. The zero-order chi connectivity index (χ0) is 15.8. The number of nitrogens with one attached hydrogen (secondary N) is 1. The lowest BCUT2D eigenvalue weighted by molar-refractivity contribution is -0.136. The molecule has 0 fully saturated rings. The smallest absolute Gasteiger partial charge is 0.253 e. The number of carbonyl (C=O) groups is 3. The van der Waals surface area contributed by atoms with Crippen LogP contribution in [-0.4, -0.2) is 40.3 Å². The van der Waals surface area contributed by atoms with Gasteiger partial charge in [0.05, 0.1) is 0 Å². The normalized spacial score (nSPS) is 13.9. The van der Waals surface area contributed by atoms with E-state index in [0.29, 0.717) is 19.5 Å². The maximum absolute atomic E-state index is 11.6. The molecular formula is C16H21N3O3. The number of hydrogen-bond donors (Lipinski definition) is 1. The molecule has 1 aromatic heterocycles. The molecule has 0 saturated heterocycles. The van der Waals surface area contributed by atoms with E-state index >= 15 is 0 Å². The Morgan fingerprint density at radius 3 is 2.32 bits per heavy atom. The topological polar surface area (TPSA) is 71.4 Å². The highest BCUT2D eigenvalue weighted by Gasteiger charge is 2.22. The second kappa shape index (κ2) is 8.17. The van der Waals surface area contributed by atoms with Crippen LogP contribution in [0.2, 0.25) is 0 Å². The van der Waals surface area contributed by atoms with Crippen LogP contribution in [0, 0.1) is 0 Å². The van der Waals surface area contributed by atoms with Gasteiger partial charge in [-0.05, 0) is 25.0 Å². The van der Waals surface area contributed by atoms with Crippen LogP contribution in [-0.2, 0) is 20.9 Å². The van der Waals surface area contributed by atoms with E-state index in [2.05, 4.69) is 5.32 Å². The summed E-state index contributed by atoms with van der Waals surface area (Å²) in [6, 6.07) is 3.90. The van der Waals surface area contributed by atoms with Crippen LogP contribution >= 0.6 is 0 Å². The van der Waals surface area contributed by atoms with Gasteiger partial charge in [-0.1, -0.05) is 6.42 Å². The van der Waals surface area contributed by atoms with Gasteiger partial charge in [0.2, 0.25) is 5.91 Å². The number of rotatable bonds is 9. The Labute approximate surface area is 129 Å². The predicted octanol–water partition coefficient (Wildman–Crippen LogP) is 1.09. The van der Waals surface area contributed by atoms with Gasteiger partial charge in [-0.3, -0.25) is 19.3 Å². The molecule has 0 saturated carbocycles. The van der Waals surface area contributed by atoms with Gasteiger partial charge >= 0.3 is 0 Å². The SMILES string of the molecule is O=C(CCCCCN1C(=O)C=CC1=O)NCCn1cccc1. The zero-order valence-electron chi connectivity index (χ0n) is 12.5. The largest absolute Gasteiger partial charge is 0.354 e. The van der Waals surface area contributed by atoms with E-state index in [0.717, 1.165) is 25.8 Å². The Balaban J connectivity index is 1.48. The molecule has 22 heavy (non-hydrogen) atoms. The summed E-state index contributed by atoms with van der Waals surface area (Å²) in [7, 11) is 0. The molecule has 3 amide bonds. The van der Waals surface area contributed by atoms with Gasteiger partial charge in [0.15, 0.2) is 0 Å². The molecule has 0 unspecified atom stereocenters. The first-order valence-electron chi connectivity index (χ1n) is 7.58. The van der Waals surface area contributed by atoms with Crippen molar-refractivity contribution < 1.29 is 14.4 Å². The number of imide groups is 1. The summed E-state index contributed by atoms with van der Waals surface area (Å²) in [4.78, 5) is 35.5. The maximum atomic E-state index is 11.6. The molecule has 0 aromatic carbocycles. The van der Waals surface area contributed by atoms with Crippen LogP contribution < -0.4 is 5.32 Å². The summed E-state index contributed by atoms with van der Waals surface area (Å²) in [5, 5.41) is 2.88. The van der Waals surface area contributed by atoms with Crippen molar-refractivity contribution in [2.45, 2.75) is 32.2 Å². The lowest BCUT2D eigenvalue weighted by Gasteiger charge is -2.13. The molecule has 6 nitrogen and oxygen atoms in total. The average Bonchev–Trinajstić information content (AvgIpc) is 3.11. The number of nitrogens with zero attached hydrogens (tertiary/aromatic N) is 2. The van der Waals surface area contributed by atoms with E-state index in [1.165, 1.54) is 17.1 Å². The van der Waals surface area contributed by atoms with Crippen LogP contribution in [0.25, 0.3) is 0 Å². The Morgan fingerprint density at radius 2 is 1.64 bits per heavy atom. The molecule has 0 spiro atoms. The van der Waals surface area contributed by atoms with Crippen molar-refractivity contribution >= 4 is 17.7 Å². The van der Waals surface area contributed by atoms with Gasteiger partial charge in [0.25, 0.3) is 11.8 Å². The van der Waals surface area contributed by atoms with Crippen molar-refractivity contribution in [3.63, 3.8) is 0 Å². The Bertz CT molecular complexity index is 531. The van der Waals surface area contributed by atoms with Crippen molar-refractivity contribution in [2.24, 2.45) is 0 Å². The van der Waals surface area contributed by atoms with Gasteiger partial charge < -0.3 is 9.88 Å². The summed E-state index contributed by atoms with van der Waals surface area (Å²) in [5.41, 5.74) is 0. The molecule has 1 aliphatic heterocycles. The van der Waals surface area contributed by atoms with Crippen LogP contribution in [0.5, 0.6) is 0 Å². The molecule has 0 radical (unpaired) electrons. The summed E-state index contributed by atoms with van der Waals surface area (Å²) in [5.74, 6) is -0.442. The number of amides is 3. The fourth-order valence-corrected chi connectivity index (χ4v) is 2.32. The maximum Gasteiger partial charge on any atom is 0.253 e. The third-order valence-electron chi connectivity index (χ3n) is 3.54. The number of hydrogen-bond acceptors (Lipinski definition) is 3. The molecule has 0 atom stereocenters. The highest BCUT2D eigenvalue weighted by Crippen LogP contribution is 2.07. The average molecular weight is 303 g/mol. The highest BCUT2D eigenvalue weighted by molar-refractivity contribution is 6.12. The zero-order valence-corrected chi connectivity index (χ0v) is 12.5. The van der Waals surface area contributed by atoms with E-state index in [4.69, 9.17) is 0 Å². The molecule has 1 aromatic rings. The first-order chi connectivity index (χ1) is 10.7. The molecule has 2 rings (SSSR count). The Kier molecular flexibility index (Phi) is 5.94. The second-order valence-electron chi connectivity index (χ2n) is 5.24. The quantitative estimate of drug-likeness (QED) is 0.548. The lowest BCUT2D eigenvalue weighted by Crippen LogP contribution is -2.31. The van der Waals surface area contributed by atoms with E-state index in [1.54, 1.807) is 0 Å². The minimum absolute atomic E-state index is 0.0437.